The molecule has 0 unspecified atom stereocenters. The van der Waals surface area contributed by atoms with Crippen LogP contribution >= 0.6 is 0 Å². The van der Waals surface area contributed by atoms with Gasteiger partial charge in [0.05, 0.1) is 45.1 Å². The van der Waals surface area contributed by atoms with Crippen molar-refractivity contribution in [1.29, 1.82) is 10.5 Å². The van der Waals surface area contributed by atoms with Gasteiger partial charge >= 0.3 is 0 Å². The number of hydrogen-bond acceptors (Lipinski definition) is 14. The number of aromatic nitrogens is 14. The number of benzene rings is 6. The lowest BCUT2D eigenvalue weighted by atomic mass is 9.96. The number of aryl methyl sites for hydroxylation is 8. The summed E-state index contributed by atoms with van der Waals surface area (Å²) in [6, 6.07) is 41.2. The maximum atomic E-state index is 12.1. The maximum Gasteiger partial charge on any atom is 0.163 e. The Morgan fingerprint density at radius 2 is 0.689 bits per heavy atom. The Balaban J connectivity index is 1.24. The van der Waals surface area contributed by atoms with Crippen LogP contribution in [0.25, 0.3) is 112 Å². The summed E-state index contributed by atoms with van der Waals surface area (Å²) in [6.07, 6.45) is 0. The molecule has 0 radical (unpaired) electrons. The fourth-order valence-electron chi connectivity index (χ4n) is 10.2. The van der Waals surface area contributed by atoms with E-state index < -0.39 is 0 Å². The zero-order valence-electron chi connectivity index (χ0n) is 41.5. The normalized spacial score (nSPS) is 11.5. The highest BCUT2D eigenvalue weighted by atomic mass is 15.1. The second kappa shape index (κ2) is 17.4. The minimum atomic E-state index is 0.353. The van der Waals surface area contributed by atoms with Crippen molar-refractivity contribution in [2.45, 2.75) is 55.4 Å². The Labute approximate surface area is 423 Å². The molecule has 0 aliphatic carbocycles. The Morgan fingerprint density at radius 3 is 1.03 bits per heavy atom. The summed E-state index contributed by atoms with van der Waals surface area (Å²) >= 11 is 0. The molecule has 0 bridgehead atoms. The van der Waals surface area contributed by atoms with E-state index >= 15 is 0 Å². The van der Waals surface area contributed by atoms with Crippen LogP contribution < -0.4 is 0 Å². The molecule has 0 saturated heterocycles. The fourth-order valence-corrected chi connectivity index (χ4v) is 10.2. The van der Waals surface area contributed by atoms with Crippen molar-refractivity contribution in [3.63, 3.8) is 0 Å². The predicted octanol–water partition coefficient (Wildman–Crippen LogP) is 11.2. The summed E-state index contributed by atoms with van der Waals surface area (Å²) in [5, 5.41) is 26.1. The molecule has 16 nitrogen and oxygen atoms in total. The molecular weight excluding hydrogens is 921 g/mol. The second-order valence-corrected chi connectivity index (χ2v) is 18.3. The Kier molecular flexibility index (Phi) is 10.6. The molecule has 0 spiro atoms. The van der Waals surface area contributed by atoms with E-state index in [1.807, 2.05) is 110 Å². The molecule has 0 aliphatic heterocycles. The summed E-state index contributed by atoms with van der Waals surface area (Å²) in [6.45, 7) is 14.8. The van der Waals surface area contributed by atoms with Crippen molar-refractivity contribution in [2.24, 2.45) is 0 Å². The molecule has 0 amide bonds. The van der Waals surface area contributed by atoms with Crippen molar-refractivity contribution in [3.8, 4) is 80.2 Å². The third kappa shape index (κ3) is 7.69. The van der Waals surface area contributed by atoms with E-state index in [0.29, 0.717) is 98.0 Å². The summed E-state index contributed by atoms with van der Waals surface area (Å²) < 4.78 is 4.28. The lowest BCUT2D eigenvalue weighted by molar-refractivity contribution is 0.928. The lowest BCUT2D eigenvalue weighted by Gasteiger charge is -2.20. The van der Waals surface area contributed by atoms with Crippen molar-refractivity contribution in [2.75, 3.05) is 0 Å². The molecule has 0 N–H and O–H groups in total. The zero-order valence-corrected chi connectivity index (χ0v) is 41.5. The van der Waals surface area contributed by atoms with Crippen LogP contribution in [-0.2, 0) is 0 Å². The largest absolute Gasteiger partial charge is 0.308 e. The van der Waals surface area contributed by atoms with Gasteiger partial charge in [0.25, 0.3) is 0 Å². The molecule has 16 heteroatoms. The Bertz CT molecular complexity index is 4160. The molecule has 354 valence electrons. The molecule has 0 aliphatic rings. The fraction of sp³-hybridized carbons (Fsp3) is 0.138. The van der Waals surface area contributed by atoms with Crippen molar-refractivity contribution >= 4 is 43.6 Å². The number of hydrogen-bond donors (Lipinski definition) is 0. The first-order valence-electron chi connectivity index (χ1n) is 23.8. The van der Waals surface area contributed by atoms with Crippen molar-refractivity contribution in [1.82, 2.24) is 68.9 Å². The van der Waals surface area contributed by atoms with Crippen molar-refractivity contribution in [3.05, 3.63) is 167 Å². The highest BCUT2D eigenvalue weighted by Crippen LogP contribution is 2.44. The van der Waals surface area contributed by atoms with E-state index in [4.69, 9.17) is 39.9 Å². The van der Waals surface area contributed by atoms with Gasteiger partial charge in [-0.05, 0) is 103 Å². The van der Waals surface area contributed by atoms with Gasteiger partial charge in [0.1, 0.15) is 58.2 Å². The smallest absolute Gasteiger partial charge is 0.163 e. The molecule has 6 heterocycles. The third-order valence-electron chi connectivity index (χ3n) is 13.0. The monoisotopic (exact) mass is 962 g/mol. The van der Waals surface area contributed by atoms with Crippen LogP contribution in [0.15, 0.2) is 109 Å². The van der Waals surface area contributed by atoms with Gasteiger partial charge in [0, 0.05) is 49.4 Å². The van der Waals surface area contributed by atoms with Crippen LogP contribution in [-0.4, -0.2) is 68.9 Å². The van der Waals surface area contributed by atoms with Crippen LogP contribution in [0.1, 0.15) is 57.7 Å². The average molecular weight is 963 g/mol. The lowest BCUT2D eigenvalue weighted by Crippen LogP contribution is -2.07. The third-order valence-corrected chi connectivity index (χ3v) is 13.0. The first kappa shape index (κ1) is 45.1. The second-order valence-electron chi connectivity index (χ2n) is 18.3. The molecule has 12 aromatic rings. The Morgan fingerprint density at radius 1 is 0.338 bits per heavy atom. The summed E-state index contributed by atoms with van der Waals surface area (Å²) in [5.41, 5.74) is 9.71. The van der Waals surface area contributed by atoms with E-state index in [1.165, 1.54) is 0 Å². The van der Waals surface area contributed by atoms with E-state index in [0.717, 1.165) is 71.4 Å². The van der Waals surface area contributed by atoms with Gasteiger partial charge < -0.3 is 9.13 Å². The molecule has 74 heavy (non-hydrogen) atoms. The summed E-state index contributed by atoms with van der Waals surface area (Å²) in [4.78, 5) is 56.0. The van der Waals surface area contributed by atoms with Gasteiger partial charge in [0.2, 0.25) is 0 Å². The first-order chi connectivity index (χ1) is 35.8. The molecular formula is C58H42N16. The molecule has 0 atom stereocenters. The quantitative estimate of drug-likeness (QED) is 0.145. The number of nitrogens with zero attached hydrogens (tertiary/aromatic N) is 16. The zero-order chi connectivity index (χ0) is 51.1. The van der Waals surface area contributed by atoms with Gasteiger partial charge in [-0.15, -0.1) is 0 Å². The van der Waals surface area contributed by atoms with Crippen LogP contribution in [0.3, 0.4) is 0 Å². The molecule has 6 aromatic carbocycles. The number of nitriles is 2. The average Bonchev–Trinajstić information content (AvgIpc) is 3.89. The van der Waals surface area contributed by atoms with Crippen LogP contribution in [0, 0.1) is 78.1 Å². The van der Waals surface area contributed by atoms with Gasteiger partial charge in [-0.25, -0.2) is 59.8 Å². The first-order valence-corrected chi connectivity index (χ1v) is 23.8. The van der Waals surface area contributed by atoms with Gasteiger partial charge in [-0.1, -0.05) is 66.7 Å². The molecule has 12 rings (SSSR count). The van der Waals surface area contributed by atoms with Crippen LogP contribution in [0.5, 0.6) is 0 Å². The van der Waals surface area contributed by atoms with E-state index in [-0.39, 0.29) is 0 Å². The highest BCUT2D eigenvalue weighted by Gasteiger charge is 2.26. The number of rotatable bonds is 7. The molecule has 0 fully saturated rings. The number of fused-ring (bicyclic) bond motifs is 6. The van der Waals surface area contributed by atoms with E-state index in [9.17, 15) is 10.5 Å². The summed E-state index contributed by atoms with van der Waals surface area (Å²) in [5.74, 6) is 6.90. The van der Waals surface area contributed by atoms with Crippen LogP contribution in [0.2, 0.25) is 0 Å². The minimum Gasteiger partial charge on any atom is -0.308 e. The standard InChI is InChI=1S/C58H42N16/c1-29-61-30(2)66-55(65-29)39-12-16-44-45-17-13-40(56-67-31(3)62-32(4)68-56)24-51(45)73(50(44)23-39)49-21-20-43(38-11-9-10-37(22-38)27-59)54(48(49)28-60)74-52-25-41(57-69-33(5)63-34(6)70-57)14-18-46(52)47-19-15-42(26-53(47)74)58-71-35(7)64-36(8)72-58/h9-26H,1-8H3. The predicted molar refractivity (Wildman–Crippen MR) is 283 cm³/mol. The Hall–Kier alpha value is -10.1. The van der Waals surface area contributed by atoms with Crippen LogP contribution in [0.4, 0.5) is 0 Å². The van der Waals surface area contributed by atoms with E-state index in [1.54, 1.807) is 6.07 Å². The van der Waals surface area contributed by atoms with Gasteiger partial charge in [-0.2, -0.15) is 10.5 Å². The molecule has 6 aromatic heterocycles. The minimum absolute atomic E-state index is 0.353. The SMILES string of the molecule is Cc1nc(C)nc(-c2ccc3c4ccc(-c5nc(C)nc(C)n5)cc4n(-c4ccc(-c5cccc(C#N)c5)c(-n5c6cc(-c7nc(C)nc(C)n7)ccc6c6ccc(-c7nc(C)nc(C)n7)cc65)c4C#N)c3c2)n1. The van der Waals surface area contributed by atoms with Gasteiger partial charge in [0.15, 0.2) is 23.3 Å². The topological polar surface area (TPSA) is 212 Å². The molecule has 0 saturated carbocycles. The highest BCUT2D eigenvalue weighted by molar-refractivity contribution is 6.13. The van der Waals surface area contributed by atoms with Gasteiger partial charge in [-0.3, -0.25) is 0 Å². The maximum absolute atomic E-state index is 12.1. The summed E-state index contributed by atoms with van der Waals surface area (Å²) in [7, 11) is 0. The van der Waals surface area contributed by atoms with E-state index in [2.05, 4.69) is 89.7 Å². The van der Waals surface area contributed by atoms with Crippen molar-refractivity contribution < 1.29 is 0 Å².